The summed E-state index contributed by atoms with van der Waals surface area (Å²) < 4.78 is 9.00. The van der Waals surface area contributed by atoms with Crippen molar-refractivity contribution in [1.29, 1.82) is 0 Å². The fourth-order valence-electron chi connectivity index (χ4n) is 6.01. The molecule has 0 amide bonds. The molecule has 0 saturated heterocycles. The Bertz CT molecular complexity index is 1180. The van der Waals surface area contributed by atoms with Gasteiger partial charge in [-0.25, -0.2) is 0 Å². The molecule has 2 aliphatic rings. The number of fused-ring (bicyclic) bond motifs is 3. The first-order valence-electron chi connectivity index (χ1n) is 10.5. The van der Waals surface area contributed by atoms with Crippen molar-refractivity contribution in [2.24, 2.45) is 5.41 Å². The molecule has 0 saturated carbocycles. The molecule has 0 nitrogen and oxygen atoms in total. The van der Waals surface area contributed by atoms with Crippen molar-refractivity contribution in [2.75, 3.05) is 0 Å². The van der Waals surface area contributed by atoms with Crippen molar-refractivity contribution < 1.29 is 12.9 Å². The van der Waals surface area contributed by atoms with Crippen LogP contribution in [0.3, 0.4) is 0 Å². The molecule has 4 rings (SSSR count). The van der Waals surface area contributed by atoms with Crippen LogP contribution in [0.4, 0.5) is 0 Å². The van der Waals surface area contributed by atoms with Crippen molar-refractivity contribution in [3.63, 3.8) is 0 Å². The summed E-state index contributed by atoms with van der Waals surface area (Å²) in [6.07, 6.45) is 4.61. The Morgan fingerprint density at radius 3 is 1.72 bits per heavy atom. The van der Waals surface area contributed by atoms with E-state index in [1.54, 1.807) is 0 Å². The molecule has 0 heterocycles. The van der Waals surface area contributed by atoms with Gasteiger partial charge in [-0.3, -0.25) is 0 Å². The average Bonchev–Trinajstić information content (AvgIpc) is 3.13. The van der Waals surface area contributed by atoms with Gasteiger partial charge in [0.25, 0.3) is 0 Å². The molecule has 2 aromatic carbocycles. The van der Waals surface area contributed by atoms with Crippen LogP contribution in [-0.4, -0.2) is 4.21 Å². The molecule has 0 N–H and O–H groups in total. The van der Waals surface area contributed by atoms with Crippen LogP contribution < -0.4 is 0 Å². The van der Waals surface area contributed by atoms with E-state index in [9.17, 15) is 0 Å². The van der Waals surface area contributed by atoms with E-state index in [2.05, 4.69) is 97.6 Å². The molecule has 1 atom stereocenters. The second-order valence-corrected chi connectivity index (χ2v) is 57.9. The van der Waals surface area contributed by atoms with Gasteiger partial charge in [-0.1, -0.05) is 0 Å². The molecule has 0 radical (unpaired) electrons. The molecule has 154 valence electrons. The van der Waals surface area contributed by atoms with Crippen LogP contribution in [0.25, 0.3) is 11.1 Å². The summed E-state index contributed by atoms with van der Waals surface area (Å²) in [5.41, 5.74) is 7.45. The second-order valence-electron chi connectivity index (χ2n) is 12.3. The first-order valence-corrected chi connectivity index (χ1v) is 26.4. The van der Waals surface area contributed by atoms with E-state index in [1.165, 1.54) is 33.4 Å². The monoisotopic (exact) mass is 504 g/mol. The van der Waals surface area contributed by atoms with Crippen molar-refractivity contribution in [3.05, 3.63) is 83.0 Å². The summed E-state index contributed by atoms with van der Waals surface area (Å²) >= 11 is -5.78. The van der Waals surface area contributed by atoms with Gasteiger partial charge in [-0.15, -0.1) is 0 Å². The van der Waals surface area contributed by atoms with Gasteiger partial charge in [0.05, 0.1) is 0 Å². The molecule has 0 bridgehead atoms. The van der Waals surface area contributed by atoms with E-state index >= 15 is 0 Å². The number of rotatable bonds is 2. The van der Waals surface area contributed by atoms with Gasteiger partial charge in [0.2, 0.25) is 0 Å². The maximum absolute atomic E-state index is 8.04. The minimum atomic E-state index is -5.78. The maximum atomic E-state index is 8.04. The second kappa shape index (κ2) is 5.17. The van der Waals surface area contributed by atoms with Crippen LogP contribution in [-0.2, 0) is 12.9 Å². The Kier molecular flexibility index (Phi) is 3.83. The van der Waals surface area contributed by atoms with Gasteiger partial charge in [-0.05, 0) is 0 Å². The van der Waals surface area contributed by atoms with Gasteiger partial charge in [0.15, 0.2) is 0 Å². The predicted octanol–water partition coefficient (Wildman–Crippen LogP) is 9.07. The Morgan fingerprint density at radius 1 is 0.862 bits per heavy atom. The Labute approximate surface area is 176 Å². The summed E-state index contributed by atoms with van der Waals surface area (Å²) in [6.45, 7) is 8.89. The molecule has 1 unspecified atom stereocenters. The quantitative estimate of drug-likeness (QED) is 0.381. The minimum absolute atomic E-state index is 0.0390. The third-order valence-corrected chi connectivity index (χ3v) is 27.7. The predicted molar refractivity (Wildman–Crippen MR) is 129 cm³/mol. The molecule has 2 aromatic rings. The summed E-state index contributed by atoms with van der Waals surface area (Å²) in [7, 11) is 16.1. The topological polar surface area (TPSA) is 0 Å². The van der Waals surface area contributed by atoms with Crippen LogP contribution >= 0.6 is 17.0 Å². The molecule has 0 fully saturated rings. The molecule has 29 heavy (non-hydrogen) atoms. The summed E-state index contributed by atoms with van der Waals surface area (Å²) in [5.74, 6) is 0. The summed E-state index contributed by atoms with van der Waals surface area (Å²) in [5, 5.41) is 0. The first kappa shape index (κ1) is 21.5. The van der Waals surface area contributed by atoms with Crippen molar-refractivity contribution in [3.8, 4) is 11.1 Å². The molecule has 0 aromatic heterocycles. The molecular weight excluding hydrogens is 474 g/mol. The Hall–Kier alpha value is -0.747. The van der Waals surface area contributed by atoms with Crippen LogP contribution in [0, 0.1) is 5.41 Å². The fourth-order valence-corrected chi connectivity index (χ4v) is 26.7. The zero-order valence-electron chi connectivity index (χ0n) is 18.4. The van der Waals surface area contributed by atoms with Gasteiger partial charge >= 0.3 is 178 Å². The van der Waals surface area contributed by atoms with Gasteiger partial charge in [0.1, 0.15) is 0 Å². The SMILES string of the molecule is [CH2]=[Zr]([CH3])([CH3])([Cl])([Cl])([CH]1C=C(C(C)(C)C)C=C1C)[CH]1c2ccccc2-c2ccccc21. The molecule has 2 aliphatic carbocycles. The third kappa shape index (κ3) is 3.07. The fraction of sp³-hybridized carbons (Fsp3) is 0.346. The Morgan fingerprint density at radius 2 is 1.31 bits per heavy atom. The number of benzene rings is 2. The number of hydrogen-bond donors (Lipinski definition) is 0. The van der Waals surface area contributed by atoms with E-state index in [4.69, 9.17) is 21.2 Å². The Balaban J connectivity index is 2.09. The van der Waals surface area contributed by atoms with Gasteiger partial charge in [0, 0.05) is 0 Å². The average molecular weight is 507 g/mol. The van der Waals surface area contributed by atoms with Crippen molar-refractivity contribution >= 4 is 21.2 Å². The zero-order valence-corrected chi connectivity index (χ0v) is 22.4. The van der Waals surface area contributed by atoms with Crippen molar-refractivity contribution in [2.45, 2.75) is 44.2 Å². The third-order valence-electron chi connectivity index (χ3n) is 7.34. The van der Waals surface area contributed by atoms with E-state index in [0.717, 1.165) is 0 Å². The van der Waals surface area contributed by atoms with Gasteiger partial charge in [-0.2, -0.15) is 0 Å². The standard InChI is InChI=1S/C13H9.C10H15.2CH3.CH2.2ClH.Zr/c1-3-7-12-10(5-1)9-11-6-2-4-8-13(11)12;1-8-5-6-9(7-8)10(2,3)4;;;;;;/h1-9H;5-7H,1-4H3;2*1H3;1H2;2*1H;/q;;;;;;;+2/p-2. The van der Waals surface area contributed by atoms with Crippen LogP contribution in [0.2, 0.25) is 12.9 Å². The van der Waals surface area contributed by atoms with Crippen LogP contribution in [0.15, 0.2) is 71.8 Å². The first-order chi connectivity index (χ1) is 13.0. The number of halogens is 2. The van der Waals surface area contributed by atoms with Crippen LogP contribution in [0.5, 0.6) is 0 Å². The zero-order chi connectivity index (χ0) is 21.6. The van der Waals surface area contributed by atoms with Crippen molar-refractivity contribution in [1.82, 2.24) is 0 Å². The van der Waals surface area contributed by atoms with Gasteiger partial charge < -0.3 is 0 Å². The normalized spacial score (nSPS) is 23.2. The molecule has 0 spiro atoms. The number of hydrogen-bond acceptors (Lipinski definition) is 0. The molecule has 0 aliphatic heterocycles. The van der Waals surface area contributed by atoms with E-state index in [-0.39, 0.29) is 12.7 Å². The molecule has 3 heteroatoms. The molecular formula is C26H32Cl2Zr. The summed E-state index contributed by atoms with van der Waals surface area (Å²) in [6, 6.07) is 17.1. The van der Waals surface area contributed by atoms with E-state index in [0.29, 0.717) is 0 Å². The number of allylic oxidation sites excluding steroid dienone is 4. The van der Waals surface area contributed by atoms with E-state index in [1.807, 2.05) is 0 Å². The van der Waals surface area contributed by atoms with E-state index < -0.39 is 12.9 Å². The summed E-state index contributed by atoms with van der Waals surface area (Å²) in [4.78, 5) is 0. The van der Waals surface area contributed by atoms with Crippen LogP contribution in [0.1, 0.15) is 42.4 Å².